The van der Waals surface area contributed by atoms with Gasteiger partial charge in [0.1, 0.15) is 11.6 Å². The molecule has 1 fully saturated rings. The average molecular weight is 386 g/mol. The molecule has 1 aliphatic rings. The normalized spacial score (nSPS) is 14.5. The molecule has 1 saturated heterocycles. The molecule has 1 aliphatic heterocycles. The molecule has 0 aliphatic carbocycles. The average Bonchev–Trinajstić information content (AvgIpc) is 2.73. The summed E-state index contributed by atoms with van der Waals surface area (Å²) in [5.41, 5.74) is 1.96. The molecule has 6 heteroatoms. The zero-order valence-corrected chi connectivity index (χ0v) is 16.4. The van der Waals surface area contributed by atoms with Gasteiger partial charge in [-0.3, -0.25) is 0 Å². The Kier molecular flexibility index (Phi) is 7.25. The number of carbonyl (C=O) groups excluding carboxylic acids is 1. The molecule has 2 aromatic carbocycles. The highest BCUT2D eigenvalue weighted by Crippen LogP contribution is 2.16. The fourth-order valence-electron chi connectivity index (χ4n) is 3.52. The van der Waals surface area contributed by atoms with E-state index in [9.17, 15) is 9.18 Å². The molecule has 3 N–H and O–H groups in total. The molecular weight excluding hydrogens is 357 g/mol. The summed E-state index contributed by atoms with van der Waals surface area (Å²) in [6.07, 6.45) is 1.94. The zero-order valence-electron chi connectivity index (χ0n) is 16.4. The minimum atomic E-state index is -0.262. The first-order valence-corrected chi connectivity index (χ1v) is 9.98. The summed E-state index contributed by atoms with van der Waals surface area (Å²) < 4.78 is 18.7. The summed E-state index contributed by atoms with van der Waals surface area (Å²) in [7, 11) is 0. The number of benzene rings is 2. The molecule has 3 rings (SSSR count). The summed E-state index contributed by atoms with van der Waals surface area (Å²) in [5, 5.41) is 5.32. The Labute approximate surface area is 165 Å². The Morgan fingerprint density at radius 3 is 2.39 bits per heavy atom. The molecule has 0 unspecified atom stereocenters. The van der Waals surface area contributed by atoms with Gasteiger partial charge in [0.15, 0.2) is 0 Å². The molecule has 0 saturated carbocycles. The number of carbonyl (C=O) groups is 1. The summed E-state index contributed by atoms with van der Waals surface area (Å²) >= 11 is 0. The molecule has 2 aromatic rings. The minimum absolute atomic E-state index is 0.0786. The van der Waals surface area contributed by atoms with Crippen LogP contribution in [0.5, 0.6) is 5.75 Å². The fraction of sp³-hybridized carbons (Fsp3) is 0.409. The third-order valence-corrected chi connectivity index (χ3v) is 5.05. The lowest BCUT2D eigenvalue weighted by molar-refractivity contribution is -0.663. The van der Waals surface area contributed by atoms with Crippen molar-refractivity contribution < 1.29 is 19.2 Å². The Hall–Kier alpha value is -2.60. The van der Waals surface area contributed by atoms with Crippen molar-refractivity contribution in [2.75, 3.05) is 19.7 Å². The number of ether oxygens (including phenoxy) is 1. The second kappa shape index (κ2) is 10.1. The zero-order chi connectivity index (χ0) is 19.8. The Morgan fingerprint density at radius 1 is 1.11 bits per heavy atom. The number of hydrogen-bond donors (Lipinski definition) is 2. The van der Waals surface area contributed by atoms with Crippen molar-refractivity contribution in [2.45, 2.75) is 38.9 Å². The molecule has 0 aromatic heterocycles. The standard InChI is InChI=1S/C22H28FN3O2/c1-2-28-21-9-5-17(6-10-21)15-25-22(27)26(20-11-13-24-14-12-20)16-18-3-7-19(23)8-4-18/h3-10,20,24H,2,11-16H2,1H3,(H,25,27)/p+1. The van der Waals surface area contributed by atoms with Crippen molar-refractivity contribution in [3.8, 4) is 5.75 Å². The van der Waals surface area contributed by atoms with E-state index in [2.05, 4.69) is 10.6 Å². The van der Waals surface area contributed by atoms with Crippen LogP contribution in [0.15, 0.2) is 48.5 Å². The van der Waals surface area contributed by atoms with Crippen molar-refractivity contribution >= 4 is 6.03 Å². The fourth-order valence-corrected chi connectivity index (χ4v) is 3.52. The van der Waals surface area contributed by atoms with Gasteiger partial charge in [-0.1, -0.05) is 24.3 Å². The number of piperidine rings is 1. The van der Waals surface area contributed by atoms with E-state index in [1.165, 1.54) is 12.1 Å². The predicted molar refractivity (Wildman–Crippen MR) is 106 cm³/mol. The van der Waals surface area contributed by atoms with Crippen molar-refractivity contribution in [3.63, 3.8) is 0 Å². The van der Waals surface area contributed by atoms with E-state index in [4.69, 9.17) is 4.74 Å². The lowest BCUT2D eigenvalue weighted by Gasteiger charge is -2.33. The molecule has 0 bridgehead atoms. The quantitative estimate of drug-likeness (QED) is 0.769. The Balaban J connectivity index is 1.64. The van der Waals surface area contributed by atoms with E-state index < -0.39 is 0 Å². The Morgan fingerprint density at radius 2 is 1.75 bits per heavy atom. The second-order valence-electron chi connectivity index (χ2n) is 7.09. The SMILES string of the molecule is CCOc1ccc(CNC(=O)N(Cc2ccc(F)cc2)C2CC[NH2+]CC2)cc1. The van der Waals surface area contributed by atoms with Crippen molar-refractivity contribution in [2.24, 2.45) is 0 Å². The van der Waals surface area contributed by atoms with E-state index in [1.54, 1.807) is 12.1 Å². The first kappa shape index (κ1) is 20.1. The summed E-state index contributed by atoms with van der Waals surface area (Å²) in [5.74, 6) is 0.566. The number of quaternary nitrogens is 1. The molecular formula is C22H29FN3O2+. The molecule has 0 atom stereocenters. The van der Waals surface area contributed by atoms with Gasteiger partial charge in [0.2, 0.25) is 0 Å². The van der Waals surface area contributed by atoms with E-state index in [-0.39, 0.29) is 17.9 Å². The molecule has 2 amide bonds. The van der Waals surface area contributed by atoms with Gasteiger partial charge in [-0.2, -0.15) is 0 Å². The lowest BCUT2D eigenvalue weighted by Crippen LogP contribution is -2.87. The van der Waals surface area contributed by atoms with Crippen LogP contribution in [-0.2, 0) is 13.1 Å². The van der Waals surface area contributed by atoms with E-state index >= 15 is 0 Å². The van der Waals surface area contributed by atoms with Crippen LogP contribution in [0.4, 0.5) is 9.18 Å². The number of halogens is 1. The molecule has 28 heavy (non-hydrogen) atoms. The van der Waals surface area contributed by atoms with Crippen LogP contribution in [0, 0.1) is 5.82 Å². The van der Waals surface area contributed by atoms with Gasteiger partial charge >= 0.3 is 6.03 Å². The number of amides is 2. The minimum Gasteiger partial charge on any atom is -0.494 e. The highest BCUT2D eigenvalue weighted by Gasteiger charge is 2.26. The third kappa shape index (κ3) is 5.70. The number of nitrogens with two attached hydrogens (primary N) is 1. The van der Waals surface area contributed by atoms with Crippen LogP contribution < -0.4 is 15.4 Å². The molecule has 5 nitrogen and oxygen atoms in total. The highest BCUT2D eigenvalue weighted by atomic mass is 19.1. The number of urea groups is 1. The topological polar surface area (TPSA) is 58.2 Å². The van der Waals surface area contributed by atoms with Crippen molar-refractivity contribution in [3.05, 3.63) is 65.5 Å². The van der Waals surface area contributed by atoms with E-state index in [0.717, 1.165) is 42.8 Å². The maximum atomic E-state index is 13.2. The van der Waals surface area contributed by atoms with Gasteiger partial charge in [-0.05, 0) is 42.3 Å². The van der Waals surface area contributed by atoms with E-state index in [1.807, 2.05) is 36.1 Å². The van der Waals surface area contributed by atoms with Gasteiger partial charge in [0.05, 0.1) is 19.7 Å². The smallest absolute Gasteiger partial charge is 0.318 e. The van der Waals surface area contributed by atoms with Crippen molar-refractivity contribution in [1.82, 2.24) is 10.2 Å². The van der Waals surface area contributed by atoms with Crippen LogP contribution in [0.25, 0.3) is 0 Å². The number of nitrogens with one attached hydrogen (secondary N) is 1. The van der Waals surface area contributed by atoms with E-state index in [0.29, 0.717) is 19.7 Å². The third-order valence-electron chi connectivity index (χ3n) is 5.05. The van der Waals surface area contributed by atoms with Crippen LogP contribution in [-0.4, -0.2) is 36.7 Å². The van der Waals surface area contributed by atoms with Gasteiger partial charge in [0.25, 0.3) is 0 Å². The van der Waals surface area contributed by atoms with Crippen LogP contribution in [0.3, 0.4) is 0 Å². The maximum Gasteiger partial charge on any atom is 0.318 e. The Bertz CT molecular complexity index is 743. The molecule has 0 radical (unpaired) electrons. The first-order chi connectivity index (χ1) is 13.7. The molecule has 1 heterocycles. The molecule has 150 valence electrons. The number of rotatable bonds is 7. The van der Waals surface area contributed by atoms with Crippen molar-refractivity contribution in [1.29, 1.82) is 0 Å². The van der Waals surface area contributed by atoms with Crippen LogP contribution in [0.1, 0.15) is 30.9 Å². The van der Waals surface area contributed by atoms with Gasteiger partial charge in [-0.15, -0.1) is 0 Å². The van der Waals surface area contributed by atoms with Gasteiger partial charge in [0, 0.05) is 32.0 Å². The largest absolute Gasteiger partial charge is 0.494 e. The van der Waals surface area contributed by atoms with Gasteiger partial charge < -0.3 is 20.3 Å². The summed E-state index contributed by atoms with van der Waals surface area (Å²) in [6.45, 7) is 5.58. The number of nitrogens with zero attached hydrogens (tertiary/aromatic N) is 1. The number of hydrogen-bond acceptors (Lipinski definition) is 2. The van der Waals surface area contributed by atoms with Crippen LogP contribution in [0.2, 0.25) is 0 Å². The van der Waals surface area contributed by atoms with Gasteiger partial charge in [-0.25, -0.2) is 9.18 Å². The second-order valence-corrected chi connectivity index (χ2v) is 7.09. The molecule has 0 spiro atoms. The highest BCUT2D eigenvalue weighted by molar-refractivity contribution is 5.74. The lowest BCUT2D eigenvalue weighted by atomic mass is 10.0. The monoisotopic (exact) mass is 386 g/mol. The summed E-state index contributed by atoms with van der Waals surface area (Å²) in [6, 6.07) is 14.3. The first-order valence-electron chi connectivity index (χ1n) is 9.98. The maximum absolute atomic E-state index is 13.2. The van der Waals surface area contributed by atoms with Crippen LogP contribution >= 0.6 is 0 Å². The summed E-state index contributed by atoms with van der Waals surface area (Å²) in [4.78, 5) is 14.9. The predicted octanol–water partition coefficient (Wildman–Crippen LogP) is 2.66.